The van der Waals surface area contributed by atoms with Gasteiger partial charge in [0.2, 0.25) is 5.91 Å². The zero-order chi connectivity index (χ0) is 18.8. The van der Waals surface area contributed by atoms with Gasteiger partial charge >= 0.3 is 0 Å². The van der Waals surface area contributed by atoms with Crippen LogP contribution in [-0.2, 0) is 9.59 Å². The molecule has 0 spiro atoms. The van der Waals surface area contributed by atoms with Crippen molar-refractivity contribution >= 4 is 40.6 Å². The maximum Gasteiger partial charge on any atom is 0.294 e. The van der Waals surface area contributed by atoms with Crippen LogP contribution >= 0.6 is 11.8 Å². The van der Waals surface area contributed by atoms with Gasteiger partial charge in [0.15, 0.2) is 0 Å². The Morgan fingerprint density at radius 3 is 2.46 bits per heavy atom. The number of thioether (sulfide) groups is 1. The molecule has 1 aromatic carbocycles. The van der Waals surface area contributed by atoms with Crippen LogP contribution in [0.5, 0.6) is 0 Å². The average molecular weight is 370 g/mol. The number of imide groups is 1. The Morgan fingerprint density at radius 1 is 1.15 bits per heavy atom. The fourth-order valence-electron chi connectivity index (χ4n) is 2.69. The van der Waals surface area contributed by atoms with E-state index in [4.69, 9.17) is 4.42 Å². The van der Waals surface area contributed by atoms with Crippen LogP contribution < -0.4 is 5.32 Å². The molecule has 26 heavy (non-hydrogen) atoms. The van der Waals surface area contributed by atoms with E-state index in [1.807, 2.05) is 32.0 Å². The predicted octanol–water partition coefficient (Wildman–Crippen LogP) is 3.88. The molecule has 7 heteroatoms. The standard InChI is InChI=1S/C19H18N2O4S/c1-11-6-12(2)8-14(7-11)20-17(22)10-21-18(23)16(26-19(21)24)9-15-5-4-13(3)25-15/h4-9H,10H2,1-3H3,(H,20,22)/b16-9+. The largest absolute Gasteiger partial charge is 0.462 e. The maximum absolute atomic E-state index is 12.4. The zero-order valence-electron chi connectivity index (χ0n) is 14.7. The minimum atomic E-state index is -0.496. The van der Waals surface area contributed by atoms with Gasteiger partial charge in [-0.15, -0.1) is 0 Å². The van der Waals surface area contributed by atoms with Crippen molar-refractivity contribution in [2.75, 3.05) is 11.9 Å². The number of amides is 3. The number of aryl methyl sites for hydroxylation is 3. The number of hydrogen-bond acceptors (Lipinski definition) is 5. The highest BCUT2D eigenvalue weighted by Gasteiger charge is 2.36. The van der Waals surface area contributed by atoms with E-state index in [1.165, 1.54) is 6.08 Å². The molecule has 0 atom stereocenters. The molecule has 1 aliphatic rings. The Balaban J connectivity index is 1.69. The molecule has 1 aromatic heterocycles. The SMILES string of the molecule is Cc1cc(C)cc(NC(=O)CN2C(=O)S/C(=C/c3ccc(C)o3)C2=O)c1. The van der Waals surface area contributed by atoms with Crippen LogP contribution in [0.4, 0.5) is 10.5 Å². The van der Waals surface area contributed by atoms with E-state index in [9.17, 15) is 14.4 Å². The highest BCUT2D eigenvalue weighted by atomic mass is 32.2. The monoisotopic (exact) mass is 370 g/mol. The molecular weight excluding hydrogens is 352 g/mol. The van der Waals surface area contributed by atoms with Gasteiger partial charge in [-0.05, 0) is 67.9 Å². The van der Waals surface area contributed by atoms with Crippen molar-refractivity contribution in [1.29, 1.82) is 0 Å². The number of furan rings is 1. The van der Waals surface area contributed by atoms with E-state index in [0.717, 1.165) is 27.8 Å². The molecule has 0 unspecified atom stereocenters. The lowest BCUT2D eigenvalue weighted by Gasteiger charge is -2.13. The first-order valence-corrected chi connectivity index (χ1v) is 8.83. The molecule has 3 rings (SSSR count). The first kappa shape index (κ1) is 18.0. The van der Waals surface area contributed by atoms with Crippen LogP contribution in [0.25, 0.3) is 6.08 Å². The maximum atomic E-state index is 12.4. The van der Waals surface area contributed by atoms with Gasteiger partial charge in [-0.25, -0.2) is 0 Å². The van der Waals surface area contributed by atoms with Crippen molar-refractivity contribution in [2.45, 2.75) is 20.8 Å². The van der Waals surface area contributed by atoms with Crippen molar-refractivity contribution in [3.8, 4) is 0 Å². The molecule has 0 bridgehead atoms. The van der Waals surface area contributed by atoms with Crippen LogP contribution in [-0.4, -0.2) is 28.5 Å². The Labute approximate surface area is 155 Å². The van der Waals surface area contributed by atoms with Gasteiger partial charge < -0.3 is 9.73 Å². The van der Waals surface area contributed by atoms with Gasteiger partial charge in [-0.1, -0.05) is 6.07 Å². The highest BCUT2D eigenvalue weighted by Crippen LogP contribution is 2.32. The summed E-state index contributed by atoms with van der Waals surface area (Å²) >= 11 is 0.798. The molecule has 3 amide bonds. The van der Waals surface area contributed by atoms with E-state index < -0.39 is 17.1 Å². The van der Waals surface area contributed by atoms with Crippen LogP contribution in [0.3, 0.4) is 0 Å². The molecule has 2 heterocycles. The average Bonchev–Trinajstić information content (AvgIpc) is 3.05. The summed E-state index contributed by atoms with van der Waals surface area (Å²) in [5.74, 6) is 0.285. The summed E-state index contributed by atoms with van der Waals surface area (Å²) in [7, 11) is 0. The Bertz CT molecular complexity index is 909. The summed E-state index contributed by atoms with van der Waals surface area (Å²) in [6.07, 6.45) is 1.51. The molecule has 1 fully saturated rings. The van der Waals surface area contributed by atoms with Gasteiger partial charge in [0, 0.05) is 11.8 Å². The lowest BCUT2D eigenvalue weighted by atomic mass is 10.1. The molecule has 0 saturated carbocycles. The van der Waals surface area contributed by atoms with Gasteiger partial charge in [-0.2, -0.15) is 0 Å². The van der Waals surface area contributed by atoms with Crippen LogP contribution in [0.2, 0.25) is 0 Å². The topological polar surface area (TPSA) is 79.6 Å². The number of carbonyl (C=O) groups is 3. The second-order valence-corrected chi connectivity index (χ2v) is 7.13. The third kappa shape index (κ3) is 4.05. The predicted molar refractivity (Wildman–Crippen MR) is 101 cm³/mol. The molecule has 1 aliphatic heterocycles. The van der Waals surface area contributed by atoms with E-state index in [2.05, 4.69) is 5.32 Å². The third-order valence-electron chi connectivity index (χ3n) is 3.72. The number of rotatable bonds is 4. The number of carbonyl (C=O) groups excluding carboxylic acids is 3. The van der Waals surface area contributed by atoms with E-state index in [1.54, 1.807) is 19.1 Å². The number of benzene rings is 1. The van der Waals surface area contributed by atoms with Gasteiger partial charge in [-0.3, -0.25) is 19.3 Å². The summed E-state index contributed by atoms with van der Waals surface area (Å²) in [5.41, 5.74) is 2.67. The summed E-state index contributed by atoms with van der Waals surface area (Å²) in [5, 5.41) is 2.26. The van der Waals surface area contributed by atoms with Crippen LogP contribution in [0.1, 0.15) is 22.6 Å². The Morgan fingerprint density at radius 2 is 1.85 bits per heavy atom. The molecule has 134 valence electrons. The summed E-state index contributed by atoms with van der Waals surface area (Å²) in [6.45, 7) is 5.33. The fourth-order valence-corrected chi connectivity index (χ4v) is 3.51. The summed E-state index contributed by atoms with van der Waals surface area (Å²) in [4.78, 5) is 37.9. The Hall–Kier alpha value is -2.80. The molecule has 1 N–H and O–H groups in total. The fraction of sp³-hybridized carbons (Fsp3) is 0.211. The van der Waals surface area contributed by atoms with Crippen LogP contribution in [0, 0.1) is 20.8 Å². The van der Waals surface area contributed by atoms with Gasteiger partial charge in [0.05, 0.1) is 4.91 Å². The quantitative estimate of drug-likeness (QED) is 0.826. The van der Waals surface area contributed by atoms with Gasteiger partial charge in [0.1, 0.15) is 18.1 Å². The lowest BCUT2D eigenvalue weighted by Crippen LogP contribution is -2.36. The van der Waals surface area contributed by atoms with E-state index in [-0.39, 0.29) is 11.4 Å². The first-order valence-electron chi connectivity index (χ1n) is 8.02. The van der Waals surface area contributed by atoms with Crippen molar-refractivity contribution in [1.82, 2.24) is 4.90 Å². The number of nitrogens with zero attached hydrogens (tertiary/aromatic N) is 1. The first-order chi connectivity index (χ1) is 12.3. The second-order valence-electron chi connectivity index (χ2n) is 6.14. The van der Waals surface area contributed by atoms with Crippen molar-refractivity contribution in [3.05, 3.63) is 57.9 Å². The molecular formula is C19H18N2O4S. The molecule has 0 radical (unpaired) electrons. The van der Waals surface area contributed by atoms with Crippen LogP contribution in [0.15, 0.2) is 39.7 Å². The minimum absolute atomic E-state index is 0.239. The number of anilines is 1. The van der Waals surface area contributed by atoms with E-state index >= 15 is 0 Å². The number of hydrogen-bond donors (Lipinski definition) is 1. The zero-order valence-corrected chi connectivity index (χ0v) is 15.5. The molecule has 1 saturated heterocycles. The molecule has 2 aromatic rings. The molecule has 6 nitrogen and oxygen atoms in total. The third-order valence-corrected chi connectivity index (χ3v) is 4.62. The van der Waals surface area contributed by atoms with E-state index in [0.29, 0.717) is 17.2 Å². The van der Waals surface area contributed by atoms with Crippen molar-refractivity contribution in [3.63, 3.8) is 0 Å². The summed E-state index contributed by atoms with van der Waals surface area (Å²) in [6, 6.07) is 9.15. The lowest BCUT2D eigenvalue weighted by molar-refractivity contribution is -0.127. The van der Waals surface area contributed by atoms with Gasteiger partial charge in [0.25, 0.3) is 11.1 Å². The smallest absolute Gasteiger partial charge is 0.294 e. The highest BCUT2D eigenvalue weighted by molar-refractivity contribution is 8.18. The minimum Gasteiger partial charge on any atom is -0.462 e. The number of nitrogens with one attached hydrogen (secondary N) is 1. The van der Waals surface area contributed by atoms with Crippen molar-refractivity contribution in [2.24, 2.45) is 0 Å². The summed E-state index contributed by atoms with van der Waals surface area (Å²) < 4.78 is 5.40. The Kier molecular flexibility index (Phi) is 4.99. The van der Waals surface area contributed by atoms with Crippen molar-refractivity contribution < 1.29 is 18.8 Å². The normalized spacial score (nSPS) is 15.8. The molecule has 0 aliphatic carbocycles. The second kappa shape index (κ2) is 7.21.